The van der Waals surface area contributed by atoms with Crippen LogP contribution in [0.1, 0.15) is 48.5 Å². The van der Waals surface area contributed by atoms with Crippen molar-refractivity contribution in [2.45, 2.75) is 38.1 Å². The number of rotatable bonds is 4. The van der Waals surface area contributed by atoms with Crippen molar-refractivity contribution >= 4 is 27.7 Å². The summed E-state index contributed by atoms with van der Waals surface area (Å²) in [4.78, 5) is 12.6. The van der Waals surface area contributed by atoms with Gasteiger partial charge in [-0.15, -0.1) is 0 Å². The van der Waals surface area contributed by atoms with Gasteiger partial charge in [-0.05, 0) is 47.0 Å². The highest BCUT2D eigenvalue weighted by atomic mass is 79.9. The van der Waals surface area contributed by atoms with E-state index < -0.39 is 0 Å². The second kappa shape index (κ2) is 7.17. The van der Waals surface area contributed by atoms with Crippen molar-refractivity contribution in [2.75, 3.05) is 12.4 Å². The van der Waals surface area contributed by atoms with Gasteiger partial charge in [0.15, 0.2) is 0 Å². The molecule has 1 fully saturated rings. The minimum atomic E-state index is -0.173. The van der Waals surface area contributed by atoms with Crippen LogP contribution in [0.4, 0.5) is 5.82 Å². The number of amides is 1. The number of benzene rings is 1. The summed E-state index contributed by atoms with van der Waals surface area (Å²) in [5.41, 5.74) is 0.542. The Hall–Kier alpha value is -1.82. The fourth-order valence-electron chi connectivity index (χ4n) is 3.02. The maximum Gasteiger partial charge on any atom is 0.258 e. The van der Waals surface area contributed by atoms with E-state index in [4.69, 9.17) is 4.74 Å². The second-order valence-corrected chi connectivity index (χ2v) is 6.61. The van der Waals surface area contributed by atoms with Crippen LogP contribution in [-0.4, -0.2) is 22.8 Å². The molecule has 3 rings (SSSR count). The zero-order valence-corrected chi connectivity index (χ0v) is 14.7. The van der Waals surface area contributed by atoms with Crippen molar-refractivity contribution in [3.63, 3.8) is 0 Å². The summed E-state index contributed by atoms with van der Waals surface area (Å²) < 4.78 is 7.88. The summed E-state index contributed by atoms with van der Waals surface area (Å²) in [6.45, 7) is 0. The number of nitrogens with zero attached hydrogens (tertiary/aromatic N) is 2. The minimum Gasteiger partial charge on any atom is -0.497 e. The third-order valence-corrected chi connectivity index (χ3v) is 4.94. The first-order valence-electron chi connectivity index (χ1n) is 7.87. The molecule has 6 heteroatoms. The Balaban J connectivity index is 1.80. The molecule has 1 heterocycles. The number of hydrogen-bond acceptors (Lipinski definition) is 3. The zero-order valence-electron chi connectivity index (χ0n) is 13.1. The summed E-state index contributed by atoms with van der Waals surface area (Å²) >= 11 is 3.42. The normalized spacial score (nSPS) is 15.4. The topological polar surface area (TPSA) is 56.1 Å². The molecule has 1 aromatic carbocycles. The molecule has 1 aliphatic carbocycles. The van der Waals surface area contributed by atoms with E-state index in [9.17, 15) is 4.79 Å². The first kappa shape index (κ1) is 16.1. The Morgan fingerprint density at radius 3 is 2.83 bits per heavy atom. The van der Waals surface area contributed by atoms with Crippen molar-refractivity contribution in [1.29, 1.82) is 0 Å². The first-order chi connectivity index (χ1) is 11.2. The fraction of sp³-hybridized carbons (Fsp3) is 0.412. The van der Waals surface area contributed by atoms with Crippen LogP contribution in [0.5, 0.6) is 5.75 Å². The Morgan fingerprint density at radius 2 is 2.09 bits per heavy atom. The van der Waals surface area contributed by atoms with Crippen LogP contribution in [-0.2, 0) is 0 Å². The van der Waals surface area contributed by atoms with E-state index in [0.29, 0.717) is 17.4 Å². The van der Waals surface area contributed by atoms with Crippen LogP contribution in [0.15, 0.2) is 34.9 Å². The van der Waals surface area contributed by atoms with Crippen LogP contribution in [0.25, 0.3) is 0 Å². The zero-order chi connectivity index (χ0) is 16.2. The molecule has 0 spiro atoms. The van der Waals surface area contributed by atoms with Crippen molar-refractivity contribution in [3.05, 3.63) is 40.5 Å². The Labute approximate surface area is 144 Å². The molecule has 1 aromatic heterocycles. The van der Waals surface area contributed by atoms with Gasteiger partial charge in [0.25, 0.3) is 5.91 Å². The average molecular weight is 378 g/mol. The van der Waals surface area contributed by atoms with Crippen molar-refractivity contribution in [2.24, 2.45) is 0 Å². The van der Waals surface area contributed by atoms with Crippen LogP contribution >= 0.6 is 15.9 Å². The monoisotopic (exact) mass is 377 g/mol. The summed E-state index contributed by atoms with van der Waals surface area (Å²) in [5.74, 6) is 1.23. The molecule has 0 radical (unpaired) electrons. The summed E-state index contributed by atoms with van der Waals surface area (Å²) in [7, 11) is 1.59. The highest BCUT2D eigenvalue weighted by molar-refractivity contribution is 9.10. The van der Waals surface area contributed by atoms with E-state index in [0.717, 1.165) is 23.1 Å². The Kier molecular flexibility index (Phi) is 5.00. The molecule has 0 aliphatic heterocycles. The van der Waals surface area contributed by atoms with Gasteiger partial charge in [-0.25, -0.2) is 4.68 Å². The number of halogens is 1. The molecule has 0 unspecified atom stereocenters. The lowest BCUT2D eigenvalue weighted by molar-refractivity contribution is 0.102. The van der Waals surface area contributed by atoms with Gasteiger partial charge in [0.2, 0.25) is 0 Å². The van der Waals surface area contributed by atoms with Gasteiger partial charge in [-0.1, -0.05) is 19.3 Å². The van der Waals surface area contributed by atoms with Gasteiger partial charge in [0.05, 0.1) is 24.9 Å². The molecular weight excluding hydrogens is 358 g/mol. The molecule has 1 saturated carbocycles. The molecule has 1 aliphatic rings. The summed E-state index contributed by atoms with van der Waals surface area (Å²) in [6, 6.07) is 7.57. The summed E-state index contributed by atoms with van der Waals surface area (Å²) in [6.07, 6.45) is 7.71. The maximum atomic E-state index is 12.6. The highest BCUT2D eigenvalue weighted by Gasteiger charge is 2.20. The van der Waals surface area contributed by atoms with Gasteiger partial charge < -0.3 is 10.1 Å². The smallest absolute Gasteiger partial charge is 0.258 e. The number of ether oxygens (including phenoxy) is 1. The van der Waals surface area contributed by atoms with Crippen LogP contribution in [0.2, 0.25) is 0 Å². The summed E-state index contributed by atoms with van der Waals surface area (Å²) in [5, 5.41) is 7.38. The number of carbonyl (C=O) groups excluding carboxylic acids is 1. The molecule has 122 valence electrons. The Bertz CT molecular complexity index is 693. The van der Waals surface area contributed by atoms with E-state index in [1.54, 1.807) is 19.4 Å². The molecule has 0 bridgehead atoms. The van der Waals surface area contributed by atoms with Gasteiger partial charge in [0.1, 0.15) is 11.6 Å². The molecule has 5 nitrogen and oxygen atoms in total. The number of aromatic nitrogens is 2. The van der Waals surface area contributed by atoms with Crippen molar-refractivity contribution < 1.29 is 9.53 Å². The van der Waals surface area contributed by atoms with Gasteiger partial charge in [0, 0.05) is 10.5 Å². The molecule has 0 saturated heterocycles. The lowest BCUT2D eigenvalue weighted by Crippen LogP contribution is -2.20. The van der Waals surface area contributed by atoms with E-state index in [-0.39, 0.29) is 5.91 Å². The van der Waals surface area contributed by atoms with Crippen molar-refractivity contribution in [3.8, 4) is 5.75 Å². The molecule has 1 amide bonds. The number of anilines is 1. The predicted octanol–water partition coefficient (Wildman–Crippen LogP) is 4.41. The largest absolute Gasteiger partial charge is 0.497 e. The lowest BCUT2D eigenvalue weighted by atomic mass is 9.96. The minimum absolute atomic E-state index is 0.173. The highest BCUT2D eigenvalue weighted by Crippen LogP contribution is 2.30. The van der Waals surface area contributed by atoms with E-state index in [2.05, 4.69) is 26.3 Å². The van der Waals surface area contributed by atoms with Crippen LogP contribution < -0.4 is 10.1 Å². The van der Waals surface area contributed by atoms with Crippen LogP contribution in [0, 0.1) is 0 Å². The van der Waals surface area contributed by atoms with Crippen LogP contribution in [0.3, 0.4) is 0 Å². The quantitative estimate of drug-likeness (QED) is 0.857. The van der Waals surface area contributed by atoms with E-state index >= 15 is 0 Å². The Morgan fingerprint density at radius 1 is 1.30 bits per heavy atom. The number of methoxy groups -OCH3 is 1. The number of carbonyl (C=O) groups is 1. The molecule has 23 heavy (non-hydrogen) atoms. The fourth-order valence-corrected chi connectivity index (χ4v) is 3.45. The predicted molar refractivity (Wildman–Crippen MR) is 93.0 cm³/mol. The molecule has 2 aromatic rings. The number of hydrogen-bond donors (Lipinski definition) is 1. The third-order valence-electron chi connectivity index (χ3n) is 4.25. The maximum absolute atomic E-state index is 12.6. The number of nitrogens with one attached hydrogen (secondary N) is 1. The van der Waals surface area contributed by atoms with Gasteiger partial charge >= 0.3 is 0 Å². The average Bonchev–Trinajstić information content (AvgIpc) is 3.04. The lowest BCUT2D eigenvalue weighted by Gasteiger charge is -2.24. The standard InChI is InChI=1S/C17H20BrN3O2/c1-23-13-7-8-15(18)14(11-13)17(22)20-16-9-10-19-21(16)12-5-3-2-4-6-12/h7-12H,2-6H2,1H3,(H,20,22). The molecule has 0 atom stereocenters. The molecule has 1 N–H and O–H groups in total. The van der Waals surface area contributed by atoms with Gasteiger partial charge in [-0.3, -0.25) is 4.79 Å². The SMILES string of the molecule is COc1ccc(Br)c(C(=O)Nc2ccnn2C2CCCCC2)c1. The van der Waals surface area contributed by atoms with E-state index in [1.807, 2.05) is 22.9 Å². The second-order valence-electron chi connectivity index (χ2n) is 5.75. The first-order valence-corrected chi connectivity index (χ1v) is 8.67. The third kappa shape index (κ3) is 3.58. The van der Waals surface area contributed by atoms with E-state index in [1.165, 1.54) is 19.3 Å². The van der Waals surface area contributed by atoms with Gasteiger partial charge in [-0.2, -0.15) is 5.10 Å². The molecular formula is C17H20BrN3O2. The van der Waals surface area contributed by atoms with Crippen molar-refractivity contribution in [1.82, 2.24) is 9.78 Å².